The monoisotopic (exact) mass is 178 g/mol. The van der Waals surface area contributed by atoms with E-state index in [0.29, 0.717) is 5.92 Å². The molecule has 0 aromatic heterocycles. The summed E-state index contributed by atoms with van der Waals surface area (Å²) in [5.74, 6) is 0.586. The van der Waals surface area contributed by atoms with E-state index in [1.807, 2.05) is 30.3 Å². The van der Waals surface area contributed by atoms with Gasteiger partial charge in [-0.05, 0) is 23.8 Å². The quantitative estimate of drug-likeness (QED) is 0.733. The van der Waals surface area contributed by atoms with Gasteiger partial charge >= 0.3 is 0 Å². The van der Waals surface area contributed by atoms with Gasteiger partial charge in [0.1, 0.15) is 0 Å². The molecule has 1 aliphatic rings. The summed E-state index contributed by atoms with van der Waals surface area (Å²) < 4.78 is 0. The number of rotatable bonds is 3. The normalized spacial score (nSPS) is 28.5. The van der Waals surface area contributed by atoms with Gasteiger partial charge in [0.15, 0.2) is 0 Å². The highest BCUT2D eigenvalue weighted by Crippen LogP contribution is 2.46. The van der Waals surface area contributed by atoms with Crippen LogP contribution in [-0.2, 0) is 0 Å². The molecular formula is C11H14O2. The molecule has 0 aliphatic heterocycles. The fourth-order valence-corrected chi connectivity index (χ4v) is 1.77. The Hall–Kier alpha value is -0.860. The Labute approximate surface area is 77.8 Å². The molecule has 1 aromatic rings. The topological polar surface area (TPSA) is 40.5 Å². The molecule has 2 rings (SSSR count). The predicted octanol–water partition coefficient (Wildman–Crippen LogP) is 1.35. The summed E-state index contributed by atoms with van der Waals surface area (Å²) >= 11 is 0. The van der Waals surface area contributed by atoms with Crippen molar-refractivity contribution in [3.63, 3.8) is 0 Å². The van der Waals surface area contributed by atoms with Crippen LogP contribution in [0, 0.1) is 11.8 Å². The molecule has 1 fully saturated rings. The van der Waals surface area contributed by atoms with Gasteiger partial charge in [0.2, 0.25) is 0 Å². The lowest BCUT2D eigenvalue weighted by molar-refractivity contribution is 0.137. The Bertz CT molecular complexity index is 271. The van der Waals surface area contributed by atoms with E-state index < -0.39 is 6.10 Å². The SMILES string of the molecule is OCC1CC1C(O)c1ccccc1. The Morgan fingerprint density at radius 3 is 2.54 bits per heavy atom. The van der Waals surface area contributed by atoms with E-state index in [4.69, 9.17) is 5.11 Å². The summed E-state index contributed by atoms with van der Waals surface area (Å²) in [5, 5.41) is 18.7. The van der Waals surface area contributed by atoms with Crippen LogP contribution in [0.15, 0.2) is 30.3 Å². The van der Waals surface area contributed by atoms with Crippen molar-refractivity contribution in [1.82, 2.24) is 0 Å². The molecule has 1 aliphatic carbocycles. The van der Waals surface area contributed by atoms with Crippen LogP contribution in [0.4, 0.5) is 0 Å². The van der Waals surface area contributed by atoms with Crippen molar-refractivity contribution in [2.45, 2.75) is 12.5 Å². The minimum absolute atomic E-state index is 0.203. The summed E-state index contributed by atoms with van der Waals surface area (Å²) in [7, 11) is 0. The summed E-state index contributed by atoms with van der Waals surface area (Å²) in [5.41, 5.74) is 0.962. The van der Waals surface area contributed by atoms with Crippen molar-refractivity contribution < 1.29 is 10.2 Å². The van der Waals surface area contributed by atoms with Crippen LogP contribution in [0.25, 0.3) is 0 Å². The van der Waals surface area contributed by atoms with Crippen LogP contribution >= 0.6 is 0 Å². The third-order valence-corrected chi connectivity index (χ3v) is 2.76. The van der Waals surface area contributed by atoms with E-state index in [1.54, 1.807) is 0 Å². The van der Waals surface area contributed by atoms with Gasteiger partial charge in [-0.15, -0.1) is 0 Å². The van der Waals surface area contributed by atoms with E-state index in [-0.39, 0.29) is 12.5 Å². The van der Waals surface area contributed by atoms with Crippen molar-refractivity contribution in [3.8, 4) is 0 Å². The summed E-state index contributed by atoms with van der Waals surface area (Å²) in [6, 6.07) is 9.64. The van der Waals surface area contributed by atoms with Crippen molar-refractivity contribution in [1.29, 1.82) is 0 Å². The van der Waals surface area contributed by atoms with Gasteiger partial charge in [-0.1, -0.05) is 30.3 Å². The zero-order chi connectivity index (χ0) is 9.26. The Morgan fingerprint density at radius 2 is 2.00 bits per heavy atom. The van der Waals surface area contributed by atoms with E-state index >= 15 is 0 Å². The molecule has 1 aromatic carbocycles. The highest BCUT2D eigenvalue weighted by atomic mass is 16.3. The van der Waals surface area contributed by atoms with Crippen LogP contribution in [0.1, 0.15) is 18.1 Å². The van der Waals surface area contributed by atoms with Crippen molar-refractivity contribution in [2.24, 2.45) is 11.8 Å². The zero-order valence-electron chi connectivity index (χ0n) is 7.43. The molecule has 0 saturated heterocycles. The molecule has 2 nitrogen and oxygen atoms in total. The second-order valence-electron chi connectivity index (χ2n) is 3.70. The number of aliphatic hydroxyl groups excluding tert-OH is 2. The van der Waals surface area contributed by atoms with Crippen molar-refractivity contribution in [3.05, 3.63) is 35.9 Å². The van der Waals surface area contributed by atoms with Crippen LogP contribution in [0.5, 0.6) is 0 Å². The van der Waals surface area contributed by atoms with Gasteiger partial charge in [0.25, 0.3) is 0 Å². The average molecular weight is 178 g/mol. The molecular weight excluding hydrogens is 164 g/mol. The zero-order valence-corrected chi connectivity index (χ0v) is 7.43. The molecule has 2 N–H and O–H groups in total. The molecule has 0 radical (unpaired) electrons. The smallest absolute Gasteiger partial charge is 0.0821 e. The largest absolute Gasteiger partial charge is 0.396 e. The lowest BCUT2D eigenvalue weighted by atomic mass is 10.0. The molecule has 0 amide bonds. The van der Waals surface area contributed by atoms with Crippen molar-refractivity contribution in [2.75, 3.05) is 6.61 Å². The number of hydrogen-bond acceptors (Lipinski definition) is 2. The summed E-state index contributed by atoms with van der Waals surface area (Å²) in [6.45, 7) is 0.203. The minimum Gasteiger partial charge on any atom is -0.396 e. The first-order valence-electron chi connectivity index (χ1n) is 4.67. The standard InChI is InChI=1S/C11H14O2/c12-7-9-6-10(9)11(13)8-4-2-1-3-5-8/h1-5,9-13H,6-7H2. The first-order valence-corrected chi connectivity index (χ1v) is 4.67. The number of hydrogen-bond donors (Lipinski definition) is 2. The fourth-order valence-electron chi connectivity index (χ4n) is 1.77. The maximum Gasteiger partial charge on any atom is 0.0821 e. The molecule has 3 atom stereocenters. The second-order valence-corrected chi connectivity index (χ2v) is 3.70. The van der Waals surface area contributed by atoms with Gasteiger partial charge in [0, 0.05) is 6.61 Å². The summed E-state index contributed by atoms with van der Waals surface area (Å²) in [6.07, 6.45) is 0.561. The van der Waals surface area contributed by atoms with E-state index in [2.05, 4.69) is 0 Å². The molecule has 13 heavy (non-hydrogen) atoms. The van der Waals surface area contributed by atoms with Crippen molar-refractivity contribution >= 4 is 0 Å². The first-order chi connectivity index (χ1) is 6.33. The molecule has 0 spiro atoms. The third kappa shape index (κ3) is 1.74. The van der Waals surface area contributed by atoms with E-state index in [1.165, 1.54) is 0 Å². The Balaban J connectivity index is 2.03. The minimum atomic E-state index is -0.390. The third-order valence-electron chi connectivity index (χ3n) is 2.76. The van der Waals surface area contributed by atoms with E-state index in [0.717, 1.165) is 12.0 Å². The van der Waals surface area contributed by atoms with E-state index in [9.17, 15) is 5.11 Å². The lowest BCUT2D eigenvalue weighted by Gasteiger charge is -2.09. The molecule has 2 heteroatoms. The van der Waals surface area contributed by atoms with Gasteiger partial charge in [-0.2, -0.15) is 0 Å². The maximum atomic E-state index is 9.85. The van der Waals surface area contributed by atoms with Crippen LogP contribution in [0.3, 0.4) is 0 Å². The van der Waals surface area contributed by atoms with Gasteiger partial charge < -0.3 is 10.2 Å². The molecule has 1 saturated carbocycles. The molecule has 0 bridgehead atoms. The van der Waals surface area contributed by atoms with Crippen LogP contribution in [0.2, 0.25) is 0 Å². The predicted molar refractivity (Wildman–Crippen MR) is 50.1 cm³/mol. The first kappa shape index (κ1) is 8.73. The fraction of sp³-hybridized carbons (Fsp3) is 0.455. The van der Waals surface area contributed by atoms with Gasteiger partial charge in [-0.3, -0.25) is 0 Å². The highest BCUT2D eigenvalue weighted by molar-refractivity contribution is 5.19. The van der Waals surface area contributed by atoms with Gasteiger partial charge in [-0.25, -0.2) is 0 Å². The molecule has 70 valence electrons. The number of aliphatic hydroxyl groups is 2. The van der Waals surface area contributed by atoms with Gasteiger partial charge in [0.05, 0.1) is 6.10 Å². The second kappa shape index (κ2) is 3.48. The number of benzene rings is 1. The average Bonchev–Trinajstić information content (AvgIpc) is 2.97. The Kier molecular flexibility index (Phi) is 2.34. The molecule has 0 heterocycles. The maximum absolute atomic E-state index is 9.85. The van der Waals surface area contributed by atoms with Crippen LogP contribution in [-0.4, -0.2) is 16.8 Å². The Morgan fingerprint density at radius 1 is 1.31 bits per heavy atom. The van der Waals surface area contributed by atoms with Crippen LogP contribution < -0.4 is 0 Å². The highest BCUT2D eigenvalue weighted by Gasteiger charge is 2.42. The summed E-state index contributed by atoms with van der Waals surface area (Å²) in [4.78, 5) is 0. The lowest BCUT2D eigenvalue weighted by Crippen LogP contribution is -2.02. The molecule has 3 unspecified atom stereocenters.